The first-order valence-corrected chi connectivity index (χ1v) is 15.9. The summed E-state index contributed by atoms with van der Waals surface area (Å²) >= 11 is 0. The van der Waals surface area contributed by atoms with E-state index in [4.69, 9.17) is 10.6 Å². The molecule has 0 spiro atoms. The largest absolute Gasteiger partial charge is 0.508 e. The van der Waals surface area contributed by atoms with Crippen LogP contribution < -0.4 is 10.8 Å². The fourth-order valence-electron chi connectivity index (χ4n) is 3.74. The number of aliphatic hydroxyl groups is 1. The summed E-state index contributed by atoms with van der Waals surface area (Å²) in [6.07, 6.45) is 13.5. The molecule has 0 radical (unpaired) electrons. The first-order valence-electron chi connectivity index (χ1n) is 14.8. The van der Waals surface area contributed by atoms with Gasteiger partial charge in [-0.2, -0.15) is 0 Å². The van der Waals surface area contributed by atoms with Crippen LogP contribution in [0.25, 0.3) is 12.2 Å². The van der Waals surface area contributed by atoms with E-state index >= 15 is 0 Å². The SMILES string of the molecule is C=C(C)/C=C\C(=C)C(=C)O.C=Cc1cc2c(c(PN)c1/C=C(\C)C1CC1)CC(C)C2.CC.CC.CCC(C)(C)F. The maximum Gasteiger partial charge on any atom is 0.115 e. The molecular weight excluding hydrogens is 512 g/mol. The monoisotopic (exact) mass is 571 g/mol. The van der Waals surface area contributed by atoms with E-state index in [-0.39, 0.29) is 5.76 Å². The zero-order chi connectivity index (χ0) is 31.6. The highest BCUT2D eigenvalue weighted by molar-refractivity contribution is 7.45. The molecule has 1 aromatic rings. The molecule has 1 fully saturated rings. The molecule has 2 nitrogen and oxygen atoms in total. The third kappa shape index (κ3) is 15.5. The Balaban J connectivity index is 0. The average molecular weight is 572 g/mol. The van der Waals surface area contributed by atoms with Gasteiger partial charge in [0.15, 0.2) is 0 Å². The van der Waals surface area contributed by atoms with E-state index in [1.54, 1.807) is 26.0 Å². The Morgan fingerprint density at radius 1 is 1.10 bits per heavy atom. The highest BCUT2D eigenvalue weighted by atomic mass is 31.1. The van der Waals surface area contributed by atoms with Gasteiger partial charge < -0.3 is 10.6 Å². The predicted octanol–water partition coefficient (Wildman–Crippen LogP) is 11.0. The molecule has 1 aromatic carbocycles. The van der Waals surface area contributed by atoms with Gasteiger partial charge in [-0.05, 0) is 108 Å². The molecule has 2 aliphatic carbocycles. The van der Waals surface area contributed by atoms with Crippen molar-refractivity contribution in [3.63, 3.8) is 0 Å². The van der Waals surface area contributed by atoms with E-state index in [2.05, 4.69) is 52.3 Å². The number of hydrogen-bond acceptors (Lipinski definition) is 2. The lowest BCUT2D eigenvalue weighted by Crippen LogP contribution is -2.13. The molecular formula is C36H59FNOP. The van der Waals surface area contributed by atoms with Crippen LogP contribution in [0.2, 0.25) is 0 Å². The summed E-state index contributed by atoms with van der Waals surface area (Å²) in [5.41, 5.74) is 13.8. The Morgan fingerprint density at radius 2 is 1.62 bits per heavy atom. The van der Waals surface area contributed by atoms with Crippen LogP contribution in [0.1, 0.15) is 111 Å². The van der Waals surface area contributed by atoms with Crippen molar-refractivity contribution in [2.75, 3.05) is 0 Å². The van der Waals surface area contributed by atoms with Crippen LogP contribution in [0, 0.1) is 11.8 Å². The van der Waals surface area contributed by atoms with Crippen molar-refractivity contribution in [3.05, 3.63) is 89.3 Å². The smallest absolute Gasteiger partial charge is 0.115 e. The predicted molar refractivity (Wildman–Crippen MR) is 185 cm³/mol. The van der Waals surface area contributed by atoms with E-state index in [1.807, 2.05) is 47.6 Å². The molecule has 40 heavy (non-hydrogen) atoms. The third-order valence-corrected chi connectivity index (χ3v) is 7.32. The van der Waals surface area contributed by atoms with Gasteiger partial charge in [-0.1, -0.05) is 109 Å². The molecule has 0 aromatic heterocycles. The Kier molecular flexibility index (Phi) is 20.6. The number of alkyl halides is 1. The number of aliphatic hydroxyl groups excluding tert-OH is 1. The molecule has 0 bridgehead atoms. The summed E-state index contributed by atoms with van der Waals surface area (Å²) in [5.74, 6) is 1.56. The van der Waals surface area contributed by atoms with Crippen molar-refractivity contribution in [1.82, 2.24) is 0 Å². The van der Waals surface area contributed by atoms with Gasteiger partial charge in [0.2, 0.25) is 0 Å². The molecule has 4 heteroatoms. The molecule has 3 N–H and O–H groups in total. The fraction of sp³-hybridized carbons (Fsp3) is 0.500. The van der Waals surface area contributed by atoms with Crippen LogP contribution in [0.4, 0.5) is 4.39 Å². The number of fused-ring (bicyclic) bond motifs is 1. The number of allylic oxidation sites excluding steroid dienone is 4. The van der Waals surface area contributed by atoms with Crippen LogP contribution >= 0.6 is 8.73 Å². The summed E-state index contributed by atoms with van der Waals surface area (Å²) in [6, 6.07) is 2.35. The van der Waals surface area contributed by atoms with Gasteiger partial charge in [0.25, 0.3) is 0 Å². The summed E-state index contributed by atoms with van der Waals surface area (Å²) in [6.45, 7) is 34.0. The highest BCUT2D eigenvalue weighted by Gasteiger charge is 2.26. The molecule has 1 saturated carbocycles. The maximum absolute atomic E-state index is 12.1. The molecule has 0 heterocycles. The van der Waals surface area contributed by atoms with Gasteiger partial charge in [0, 0.05) is 5.57 Å². The normalized spacial score (nSPS) is 15.8. The van der Waals surface area contributed by atoms with Crippen molar-refractivity contribution < 1.29 is 9.50 Å². The Morgan fingerprint density at radius 3 is 2.00 bits per heavy atom. The van der Waals surface area contributed by atoms with E-state index in [9.17, 15) is 4.39 Å². The van der Waals surface area contributed by atoms with E-state index in [0.29, 0.717) is 20.7 Å². The Bertz CT molecular complexity index is 1020. The van der Waals surface area contributed by atoms with Gasteiger partial charge in [0.1, 0.15) is 11.4 Å². The van der Waals surface area contributed by atoms with E-state index in [1.165, 1.54) is 58.8 Å². The fourth-order valence-corrected chi connectivity index (χ4v) is 4.55. The standard InChI is InChI=1S/C18H24NP.C9H12O.C5H11F.2C2H6/c1-4-13-10-15-7-11(2)8-16(15)18(20-19)17(13)9-12(3)14-5-6-14;1-7(2)5-6-8(3)9(4)10;1-4-5(2,3)6;2*1-2/h4,9-11,14,20H,1,5-8,19H2,2-3H3;5-6,10H,1,3-4H2,2H3;4H2,1-3H3;2*1-2H3/b12-9+;6-5-;;;. The molecule has 2 aliphatic rings. The van der Waals surface area contributed by atoms with Gasteiger partial charge in [-0.15, -0.1) is 0 Å². The van der Waals surface area contributed by atoms with Crippen LogP contribution in [-0.2, 0) is 12.8 Å². The van der Waals surface area contributed by atoms with Crippen LogP contribution in [0.15, 0.2) is 67.0 Å². The first kappa shape index (κ1) is 39.9. The van der Waals surface area contributed by atoms with Gasteiger partial charge in [-0.25, -0.2) is 4.39 Å². The van der Waals surface area contributed by atoms with Crippen molar-refractivity contribution in [1.29, 1.82) is 0 Å². The van der Waals surface area contributed by atoms with Crippen molar-refractivity contribution in [2.45, 2.75) is 107 Å². The lowest BCUT2D eigenvalue weighted by atomic mass is 9.97. The van der Waals surface area contributed by atoms with Crippen molar-refractivity contribution >= 4 is 26.2 Å². The molecule has 0 amide bonds. The topological polar surface area (TPSA) is 46.2 Å². The lowest BCUT2D eigenvalue weighted by molar-refractivity contribution is 0.210. The molecule has 2 unspecified atom stereocenters. The molecule has 226 valence electrons. The first-order chi connectivity index (χ1) is 18.7. The second kappa shape index (κ2) is 20.6. The van der Waals surface area contributed by atoms with Crippen molar-refractivity contribution in [2.24, 2.45) is 17.3 Å². The number of rotatable bonds is 8. The number of nitrogens with two attached hydrogens (primary N) is 1. The minimum absolute atomic E-state index is 0.00231. The zero-order valence-electron chi connectivity index (χ0n) is 27.3. The number of hydrogen-bond donors (Lipinski definition) is 2. The highest BCUT2D eigenvalue weighted by Crippen LogP contribution is 2.38. The summed E-state index contributed by atoms with van der Waals surface area (Å²) < 4.78 is 12.1. The van der Waals surface area contributed by atoms with Gasteiger partial charge in [-0.3, -0.25) is 0 Å². The number of benzene rings is 1. The Hall–Kier alpha value is -2.22. The van der Waals surface area contributed by atoms with Crippen LogP contribution in [0.5, 0.6) is 0 Å². The third-order valence-electron chi connectivity index (χ3n) is 6.46. The summed E-state index contributed by atoms with van der Waals surface area (Å²) in [4.78, 5) is 0. The minimum atomic E-state index is -0.958. The zero-order valence-corrected chi connectivity index (χ0v) is 28.3. The van der Waals surface area contributed by atoms with Crippen LogP contribution in [-0.4, -0.2) is 10.8 Å². The average Bonchev–Trinajstić information content (AvgIpc) is 3.71. The summed E-state index contributed by atoms with van der Waals surface area (Å²) in [7, 11) is 0.381. The maximum atomic E-state index is 12.1. The Labute approximate surface area is 249 Å². The second-order valence-corrected chi connectivity index (χ2v) is 11.4. The minimum Gasteiger partial charge on any atom is -0.508 e. The van der Waals surface area contributed by atoms with Gasteiger partial charge >= 0.3 is 0 Å². The van der Waals surface area contributed by atoms with Gasteiger partial charge in [0.05, 0.1) is 0 Å². The van der Waals surface area contributed by atoms with E-state index in [0.717, 1.165) is 17.4 Å². The quantitative estimate of drug-likeness (QED) is 0.185. The second-order valence-electron chi connectivity index (χ2n) is 10.6. The van der Waals surface area contributed by atoms with Crippen molar-refractivity contribution in [3.8, 4) is 0 Å². The van der Waals surface area contributed by atoms with Crippen LogP contribution in [0.3, 0.4) is 0 Å². The number of halogens is 1. The molecule has 0 aliphatic heterocycles. The molecule has 0 saturated heterocycles. The molecule has 3 rings (SSSR count). The lowest BCUT2D eigenvalue weighted by Gasteiger charge is -2.15. The summed E-state index contributed by atoms with van der Waals surface area (Å²) in [5, 5.41) is 10.1. The van der Waals surface area contributed by atoms with E-state index < -0.39 is 5.67 Å². The molecule has 2 atom stereocenters.